The Labute approximate surface area is 163 Å². The van der Waals surface area contributed by atoms with Crippen LogP contribution in [0.4, 0.5) is 0 Å². The van der Waals surface area contributed by atoms with Gasteiger partial charge in [0.2, 0.25) is 10.0 Å². The molecule has 144 valence electrons. The average Bonchev–Trinajstić information content (AvgIpc) is 2.65. The highest BCUT2D eigenvalue weighted by Crippen LogP contribution is 2.15. The number of halogens is 1. The van der Waals surface area contributed by atoms with E-state index in [1.807, 2.05) is 19.1 Å². The fraction of sp³-hybridized carbons (Fsp3) is 0.263. The van der Waals surface area contributed by atoms with Crippen molar-refractivity contribution in [3.05, 3.63) is 64.7 Å². The molecule has 0 bridgehead atoms. The Morgan fingerprint density at radius 2 is 1.81 bits per heavy atom. The van der Waals surface area contributed by atoms with Gasteiger partial charge < -0.3 is 4.74 Å². The monoisotopic (exact) mass is 409 g/mol. The van der Waals surface area contributed by atoms with Crippen LogP contribution in [0.25, 0.3) is 0 Å². The highest BCUT2D eigenvalue weighted by atomic mass is 35.5. The van der Waals surface area contributed by atoms with Crippen LogP contribution in [0.15, 0.2) is 53.4 Å². The molecule has 1 N–H and O–H groups in total. The summed E-state index contributed by atoms with van der Waals surface area (Å²) in [5.74, 6) is -1.21. The van der Waals surface area contributed by atoms with Crippen molar-refractivity contribution in [2.45, 2.75) is 31.2 Å². The van der Waals surface area contributed by atoms with Gasteiger partial charge in [0.05, 0.1) is 4.90 Å². The minimum atomic E-state index is -3.95. The van der Waals surface area contributed by atoms with E-state index in [1.165, 1.54) is 31.2 Å². The number of ether oxygens (including phenoxy) is 1. The molecular formula is C19H20ClNO5S. The van der Waals surface area contributed by atoms with Crippen LogP contribution in [-0.2, 0) is 26.0 Å². The van der Waals surface area contributed by atoms with Crippen molar-refractivity contribution in [1.29, 1.82) is 0 Å². The lowest BCUT2D eigenvalue weighted by molar-refractivity contribution is -0.144. The van der Waals surface area contributed by atoms with Crippen LogP contribution in [0.1, 0.15) is 29.8 Å². The van der Waals surface area contributed by atoms with Crippen molar-refractivity contribution in [3.63, 3.8) is 0 Å². The first-order valence-electron chi connectivity index (χ1n) is 8.29. The number of aryl methyl sites for hydroxylation is 1. The predicted molar refractivity (Wildman–Crippen MR) is 102 cm³/mol. The number of ketones is 1. The fourth-order valence-corrected chi connectivity index (χ4v) is 3.75. The second kappa shape index (κ2) is 9.12. The van der Waals surface area contributed by atoms with Gasteiger partial charge in [0.1, 0.15) is 6.04 Å². The first-order valence-corrected chi connectivity index (χ1v) is 10.2. The van der Waals surface area contributed by atoms with Crippen molar-refractivity contribution < 1.29 is 22.7 Å². The van der Waals surface area contributed by atoms with Crippen LogP contribution in [0.3, 0.4) is 0 Å². The Hall–Kier alpha value is -2.22. The summed E-state index contributed by atoms with van der Waals surface area (Å²) in [5, 5.41) is 0.257. The van der Waals surface area contributed by atoms with Gasteiger partial charge in [-0.05, 0) is 37.1 Å². The van der Waals surface area contributed by atoms with E-state index in [2.05, 4.69) is 4.72 Å². The van der Waals surface area contributed by atoms with Gasteiger partial charge in [0.15, 0.2) is 12.4 Å². The van der Waals surface area contributed by atoms with E-state index in [9.17, 15) is 18.0 Å². The zero-order valence-corrected chi connectivity index (χ0v) is 16.5. The number of carbonyl (C=O) groups is 2. The summed E-state index contributed by atoms with van der Waals surface area (Å²) in [6, 6.07) is 11.5. The summed E-state index contributed by atoms with van der Waals surface area (Å²) in [6.45, 7) is 2.88. The number of benzene rings is 2. The van der Waals surface area contributed by atoms with E-state index in [0.29, 0.717) is 5.56 Å². The van der Waals surface area contributed by atoms with Gasteiger partial charge in [-0.25, -0.2) is 8.42 Å². The van der Waals surface area contributed by atoms with Gasteiger partial charge in [-0.2, -0.15) is 4.72 Å². The van der Waals surface area contributed by atoms with Crippen LogP contribution < -0.4 is 4.72 Å². The second-order valence-electron chi connectivity index (χ2n) is 5.88. The minimum Gasteiger partial charge on any atom is -0.456 e. The zero-order chi connectivity index (χ0) is 20.0. The molecule has 0 unspecified atom stereocenters. The number of Topliss-reactive ketones (excluding diaryl/α,β-unsaturated/α-hetero) is 1. The molecule has 0 aromatic heterocycles. The van der Waals surface area contributed by atoms with Gasteiger partial charge in [-0.3, -0.25) is 9.59 Å². The van der Waals surface area contributed by atoms with Crippen LogP contribution in [0.5, 0.6) is 0 Å². The Morgan fingerprint density at radius 3 is 2.41 bits per heavy atom. The maximum atomic E-state index is 12.3. The number of sulfonamides is 1. The maximum absolute atomic E-state index is 12.3. The van der Waals surface area contributed by atoms with Gasteiger partial charge in [-0.1, -0.05) is 48.9 Å². The summed E-state index contributed by atoms with van der Waals surface area (Å²) >= 11 is 5.79. The molecule has 2 aromatic carbocycles. The third-order valence-electron chi connectivity index (χ3n) is 3.82. The number of esters is 1. The van der Waals surface area contributed by atoms with Crippen LogP contribution in [-0.4, -0.2) is 32.8 Å². The SMILES string of the molecule is CCc1ccc(C(=O)COC(=O)[C@H](C)NS(=O)(=O)c2cccc(Cl)c2)cc1. The van der Waals surface area contributed by atoms with Crippen molar-refractivity contribution in [2.75, 3.05) is 6.61 Å². The number of hydrogen-bond acceptors (Lipinski definition) is 5. The Kier molecular flexibility index (Phi) is 7.12. The standard InChI is InChI=1S/C19H20ClNO5S/c1-3-14-7-9-15(10-8-14)18(22)12-26-19(23)13(2)21-27(24,25)17-6-4-5-16(20)11-17/h4-11,13,21H,3,12H2,1-2H3/t13-/m0/s1. The van der Waals surface area contributed by atoms with Crippen LogP contribution >= 0.6 is 11.6 Å². The van der Waals surface area contributed by atoms with Gasteiger partial charge in [0, 0.05) is 10.6 Å². The van der Waals surface area contributed by atoms with Crippen molar-refractivity contribution in [2.24, 2.45) is 0 Å². The van der Waals surface area contributed by atoms with E-state index >= 15 is 0 Å². The number of rotatable bonds is 8. The third-order valence-corrected chi connectivity index (χ3v) is 5.60. The second-order valence-corrected chi connectivity index (χ2v) is 8.03. The zero-order valence-electron chi connectivity index (χ0n) is 14.9. The first-order chi connectivity index (χ1) is 12.7. The number of hydrogen-bond donors (Lipinski definition) is 1. The third kappa shape index (κ3) is 5.89. The summed E-state index contributed by atoms with van der Waals surface area (Å²) < 4.78 is 31.7. The van der Waals surface area contributed by atoms with Gasteiger partial charge in [0.25, 0.3) is 0 Å². The molecule has 6 nitrogen and oxygen atoms in total. The molecule has 0 aliphatic rings. The Balaban J connectivity index is 1.93. The fourth-order valence-electron chi connectivity index (χ4n) is 2.25. The van der Waals surface area contributed by atoms with E-state index in [-0.39, 0.29) is 15.7 Å². The molecular weight excluding hydrogens is 390 g/mol. The van der Waals surface area contributed by atoms with Crippen LogP contribution in [0.2, 0.25) is 5.02 Å². The highest BCUT2D eigenvalue weighted by Gasteiger charge is 2.24. The van der Waals surface area contributed by atoms with E-state index in [1.54, 1.807) is 12.1 Å². The normalized spacial score (nSPS) is 12.4. The highest BCUT2D eigenvalue weighted by molar-refractivity contribution is 7.89. The lowest BCUT2D eigenvalue weighted by Crippen LogP contribution is -2.40. The smallest absolute Gasteiger partial charge is 0.324 e. The van der Waals surface area contributed by atoms with Crippen molar-refractivity contribution in [3.8, 4) is 0 Å². The quantitative estimate of drug-likeness (QED) is 0.534. The molecule has 0 aliphatic carbocycles. The maximum Gasteiger partial charge on any atom is 0.324 e. The Bertz CT molecular complexity index is 925. The molecule has 1 atom stereocenters. The molecule has 0 spiro atoms. The summed E-state index contributed by atoms with van der Waals surface area (Å²) in [4.78, 5) is 24.0. The molecule has 2 rings (SSSR count). The van der Waals surface area contributed by atoms with E-state index in [4.69, 9.17) is 16.3 Å². The molecule has 0 heterocycles. The van der Waals surface area contributed by atoms with Crippen LogP contribution in [0, 0.1) is 0 Å². The molecule has 0 fully saturated rings. The minimum absolute atomic E-state index is 0.0678. The molecule has 27 heavy (non-hydrogen) atoms. The first kappa shape index (κ1) is 21.1. The molecule has 0 radical (unpaired) electrons. The molecule has 0 aliphatic heterocycles. The number of nitrogens with one attached hydrogen (secondary N) is 1. The van der Waals surface area contributed by atoms with Gasteiger partial charge >= 0.3 is 5.97 Å². The molecule has 0 saturated heterocycles. The molecule has 0 amide bonds. The molecule has 8 heteroatoms. The van der Waals surface area contributed by atoms with E-state index in [0.717, 1.165) is 12.0 Å². The molecule has 2 aromatic rings. The summed E-state index contributed by atoms with van der Waals surface area (Å²) in [6.07, 6.45) is 0.855. The Morgan fingerprint density at radius 1 is 1.15 bits per heavy atom. The summed E-state index contributed by atoms with van der Waals surface area (Å²) in [7, 11) is -3.95. The largest absolute Gasteiger partial charge is 0.456 e. The average molecular weight is 410 g/mol. The van der Waals surface area contributed by atoms with Crippen molar-refractivity contribution in [1.82, 2.24) is 4.72 Å². The predicted octanol–water partition coefficient (Wildman–Crippen LogP) is 3.00. The topological polar surface area (TPSA) is 89.5 Å². The van der Waals surface area contributed by atoms with Gasteiger partial charge in [-0.15, -0.1) is 0 Å². The van der Waals surface area contributed by atoms with E-state index < -0.39 is 28.6 Å². The van der Waals surface area contributed by atoms with Crippen molar-refractivity contribution >= 4 is 33.4 Å². The lowest BCUT2D eigenvalue weighted by atomic mass is 10.1. The molecule has 0 saturated carbocycles. The summed E-state index contributed by atoms with van der Waals surface area (Å²) in [5.41, 5.74) is 1.51. The lowest BCUT2D eigenvalue weighted by Gasteiger charge is -2.13. The number of carbonyl (C=O) groups excluding carboxylic acids is 2.